The quantitative estimate of drug-likeness (QED) is 0.811. The number of hydrogen-bond donors (Lipinski definition) is 0. The van der Waals surface area contributed by atoms with Crippen LogP contribution in [0.2, 0.25) is 0 Å². The molecule has 3 rings (SSSR count). The molecule has 3 nitrogen and oxygen atoms in total. The molecule has 1 heterocycles. The number of carbonyl (C=O) groups excluding carboxylic acids is 1. The molecule has 0 aromatic heterocycles. The third kappa shape index (κ3) is 3.52. The van der Waals surface area contributed by atoms with Gasteiger partial charge in [0.05, 0.1) is 13.2 Å². The van der Waals surface area contributed by atoms with Gasteiger partial charge in [0.2, 0.25) is 0 Å². The molecule has 1 aliphatic rings. The van der Waals surface area contributed by atoms with Crippen LogP contribution in [-0.2, 0) is 11.3 Å². The van der Waals surface area contributed by atoms with Gasteiger partial charge < -0.3 is 4.74 Å². The van der Waals surface area contributed by atoms with Gasteiger partial charge in [-0.15, -0.1) is 0 Å². The fourth-order valence-corrected chi connectivity index (χ4v) is 3.19. The van der Waals surface area contributed by atoms with E-state index in [4.69, 9.17) is 4.74 Å². The summed E-state index contributed by atoms with van der Waals surface area (Å²) in [4.78, 5) is 15.5. The molecule has 0 saturated carbocycles. The number of ketones is 1. The van der Waals surface area contributed by atoms with E-state index in [9.17, 15) is 4.79 Å². The molecule has 0 aliphatic carbocycles. The maximum absolute atomic E-state index is 13.1. The third-order valence-corrected chi connectivity index (χ3v) is 4.47. The lowest BCUT2D eigenvalue weighted by atomic mass is 9.92. The van der Waals surface area contributed by atoms with Crippen LogP contribution in [0.4, 0.5) is 0 Å². The highest BCUT2D eigenvalue weighted by atomic mass is 16.5. The molecule has 3 heteroatoms. The molecule has 0 atom stereocenters. The van der Waals surface area contributed by atoms with Crippen LogP contribution in [0.5, 0.6) is 0 Å². The van der Waals surface area contributed by atoms with Crippen molar-refractivity contribution in [2.75, 3.05) is 26.3 Å². The summed E-state index contributed by atoms with van der Waals surface area (Å²) in [7, 11) is 0. The number of aryl methyl sites for hydroxylation is 2. The van der Waals surface area contributed by atoms with Gasteiger partial charge >= 0.3 is 0 Å². The van der Waals surface area contributed by atoms with E-state index in [0.29, 0.717) is 0 Å². The monoisotopic (exact) mass is 309 g/mol. The Labute approximate surface area is 137 Å². The van der Waals surface area contributed by atoms with E-state index in [1.165, 1.54) is 0 Å². The Kier molecular flexibility index (Phi) is 4.89. The van der Waals surface area contributed by atoms with Crippen molar-refractivity contribution in [1.29, 1.82) is 0 Å². The molecule has 2 aromatic rings. The number of rotatable bonds is 4. The normalized spacial score (nSPS) is 15.6. The minimum atomic E-state index is 0.129. The number of ether oxygens (including phenoxy) is 1. The summed E-state index contributed by atoms with van der Waals surface area (Å²) in [6.45, 7) is 8.20. The van der Waals surface area contributed by atoms with Crippen LogP contribution in [0.3, 0.4) is 0 Å². The second-order valence-corrected chi connectivity index (χ2v) is 6.14. The first kappa shape index (κ1) is 15.9. The largest absolute Gasteiger partial charge is 0.379 e. The average molecular weight is 309 g/mol. The summed E-state index contributed by atoms with van der Waals surface area (Å²) >= 11 is 0. The molecule has 23 heavy (non-hydrogen) atoms. The molecule has 2 aromatic carbocycles. The standard InChI is InChI=1S/C20H23NO2/c1-15-6-5-7-16(2)19(15)20(22)18-9-4-3-8-17(18)14-21-10-12-23-13-11-21/h3-9H,10-14H2,1-2H3. The zero-order valence-corrected chi connectivity index (χ0v) is 13.8. The molecule has 0 amide bonds. The first-order valence-corrected chi connectivity index (χ1v) is 8.16. The Morgan fingerprint density at radius 3 is 2.35 bits per heavy atom. The Morgan fingerprint density at radius 1 is 1.00 bits per heavy atom. The predicted octanol–water partition coefficient (Wildman–Crippen LogP) is 3.37. The predicted molar refractivity (Wildman–Crippen MR) is 91.9 cm³/mol. The fraction of sp³-hybridized carbons (Fsp3) is 0.350. The van der Waals surface area contributed by atoms with Crippen molar-refractivity contribution in [1.82, 2.24) is 4.90 Å². The molecule has 0 radical (unpaired) electrons. The highest BCUT2D eigenvalue weighted by Crippen LogP contribution is 2.21. The van der Waals surface area contributed by atoms with E-state index in [1.54, 1.807) is 0 Å². The van der Waals surface area contributed by atoms with Gasteiger partial charge in [0.25, 0.3) is 0 Å². The Hall–Kier alpha value is -1.97. The molecule has 0 spiro atoms. The van der Waals surface area contributed by atoms with Crippen LogP contribution in [0.25, 0.3) is 0 Å². The van der Waals surface area contributed by atoms with Crippen molar-refractivity contribution in [2.24, 2.45) is 0 Å². The summed E-state index contributed by atoms with van der Waals surface area (Å²) in [6, 6.07) is 14.0. The van der Waals surface area contributed by atoms with Gasteiger partial charge in [0.15, 0.2) is 5.78 Å². The molecule has 0 N–H and O–H groups in total. The summed E-state index contributed by atoms with van der Waals surface area (Å²) in [5.74, 6) is 0.129. The van der Waals surface area contributed by atoms with E-state index in [0.717, 1.165) is 60.7 Å². The fourth-order valence-electron chi connectivity index (χ4n) is 3.19. The van der Waals surface area contributed by atoms with Gasteiger partial charge in [-0.05, 0) is 30.5 Å². The van der Waals surface area contributed by atoms with Crippen molar-refractivity contribution in [2.45, 2.75) is 20.4 Å². The summed E-state index contributed by atoms with van der Waals surface area (Å²) in [5.41, 5.74) is 4.83. The molecule has 120 valence electrons. The van der Waals surface area contributed by atoms with Gasteiger partial charge in [-0.3, -0.25) is 9.69 Å². The van der Waals surface area contributed by atoms with E-state index >= 15 is 0 Å². The molecule has 0 bridgehead atoms. The van der Waals surface area contributed by atoms with Crippen molar-refractivity contribution >= 4 is 5.78 Å². The van der Waals surface area contributed by atoms with Gasteiger partial charge in [-0.2, -0.15) is 0 Å². The van der Waals surface area contributed by atoms with Crippen LogP contribution in [-0.4, -0.2) is 37.0 Å². The maximum atomic E-state index is 13.1. The summed E-state index contributed by atoms with van der Waals surface area (Å²) in [5, 5.41) is 0. The van der Waals surface area contributed by atoms with Crippen molar-refractivity contribution < 1.29 is 9.53 Å². The van der Waals surface area contributed by atoms with Crippen LogP contribution in [0.1, 0.15) is 32.6 Å². The second-order valence-electron chi connectivity index (χ2n) is 6.14. The molecule has 1 aliphatic heterocycles. The minimum Gasteiger partial charge on any atom is -0.379 e. The Balaban J connectivity index is 1.92. The minimum absolute atomic E-state index is 0.129. The number of hydrogen-bond acceptors (Lipinski definition) is 3. The van der Waals surface area contributed by atoms with Crippen LogP contribution in [0, 0.1) is 13.8 Å². The number of carbonyl (C=O) groups is 1. The lowest BCUT2D eigenvalue weighted by molar-refractivity contribution is 0.0341. The topological polar surface area (TPSA) is 29.5 Å². The van der Waals surface area contributed by atoms with Crippen molar-refractivity contribution in [3.8, 4) is 0 Å². The number of morpholine rings is 1. The van der Waals surface area contributed by atoms with Gasteiger partial charge in [-0.1, -0.05) is 42.5 Å². The molecule has 1 saturated heterocycles. The van der Waals surface area contributed by atoms with E-state index in [-0.39, 0.29) is 5.78 Å². The first-order chi connectivity index (χ1) is 11.2. The van der Waals surface area contributed by atoms with Crippen molar-refractivity contribution in [3.05, 3.63) is 70.3 Å². The van der Waals surface area contributed by atoms with Crippen LogP contribution < -0.4 is 0 Å². The zero-order valence-electron chi connectivity index (χ0n) is 13.8. The molecular weight excluding hydrogens is 286 g/mol. The van der Waals surface area contributed by atoms with Gasteiger partial charge in [-0.25, -0.2) is 0 Å². The smallest absolute Gasteiger partial charge is 0.193 e. The van der Waals surface area contributed by atoms with E-state index in [1.807, 2.05) is 50.2 Å². The summed E-state index contributed by atoms with van der Waals surface area (Å²) in [6.07, 6.45) is 0. The van der Waals surface area contributed by atoms with Crippen molar-refractivity contribution in [3.63, 3.8) is 0 Å². The average Bonchev–Trinajstić information content (AvgIpc) is 2.56. The SMILES string of the molecule is Cc1cccc(C)c1C(=O)c1ccccc1CN1CCOCC1. The number of nitrogens with zero attached hydrogens (tertiary/aromatic N) is 1. The highest BCUT2D eigenvalue weighted by molar-refractivity contribution is 6.11. The van der Waals surface area contributed by atoms with E-state index < -0.39 is 0 Å². The van der Waals surface area contributed by atoms with Gasteiger partial charge in [0.1, 0.15) is 0 Å². The summed E-state index contributed by atoms with van der Waals surface area (Å²) < 4.78 is 5.41. The lowest BCUT2D eigenvalue weighted by Crippen LogP contribution is -2.36. The molecular formula is C20H23NO2. The Bertz CT molecular complexity index is 682. The molecule has 0 unspecified atom stereocenters. The Morgan fingerprint density at radius 2 is 1.65 bits per heavy atom. The van der Waals surface area contributed by atoms with Crippen LogP contribution in [0.15, 0.2) is 42.5 Å². The maximum Gasteiger partial charge on any atom is 0.193 e. The number of benzene rings is 2. The highest BCUT2D eigenvalue weighted by Gasteiger charge is 2.19. The molecule has 1 fully saturated rings. The third-order valence-electron chi connectivity index (χ3n) is 4.47. The lowest BCUT2D eigenvalue weighted by Gasteiger charge is -2.27. The van der Waals surface area contributed by atoms with E-state index in [2.05, 4.69) is 11.0 Å². The van der Waals surface area contributed by atoms with Crippen LogP contribution >= 0.6 is 0 Å². The zero-order chi connectivity index (χ0) is 16.2. The van der Waals surface area contributed by atoms with Gasteiger partial charge in [0, 0.05) is 30.8 Å². The first-order valence-electron chi connectivity index (χ1n) is 8.16. The second kappa shape index (κ2) is 7.07.